The number of halogens is 3. The molecule has 0 aliphatic carbocycles. The van der Waals surface area contributed by atoms with Crippen molar-refractivity contribution in [2.24, 2.45) is 5.73 Å². The summed E-state index contributed by atoms with van der Waals surface area (Å²) in [6.07, 6.45) is -3.52. The Morgan fingerprint density at radius 1 is 1.33 bits per heavy atom. The Labute approximate surface area is 105 Å². The van der Waals surface area contributed by atoms with Gasteiger partial charge in [-0.25, -0.2) is 0 Å². The molecule has 1 saturated heterocycles. The molecule has 2 N–H and O–H groups in total. The highest BCUT2D eigenvalue weighted by molar-refractivity contribution is 5.53. The number of anilines is 1. The molecule has 2 nitrogen and oxygen atoms in total. The molecule has 1 aromatic rings. The smallest absolute Gasteiger partial charge is 0.365 e. The maximum atomic E-state index is 12.7. The van der Waals surface area contributed by atoms with Crippen molar-refractivity contribution >= 4 is 5.69 Å². The first-order chi connectivity index (χ1) is 8.20. The molecule has 0 saturated carbocycles. The summed E-state index contributed by atoms with van der Waals surface area (Å²) in [7, 11) is 0. The lowest BCUT2D eigenvalue weighted by Gasteiger charge is -2.33. The summed E-state index contributed by atoms with van der Waals surface area (Å²) in [6.45, 7) is 4.59. The molecular formula is C13H17F3N2. The third kappa shape index (κ3) is 2.46. The normalized spacial score (nSPS) is 23.4. The predicted molar refractivity (Wildman–Crippen MR) is 65.5 cm³/mol. The molecule has 1 aliphatic rings. The third-order valence-electron chi connectivity index (χ3n) is 3.39. The van der Waals surface area contributed by atoms with E-state index in [9.17, 15) is 13.2 Å². The van der Waals surface area contributed by atoms with Gasteiger partial charge in [0.25, 0.3) is 0 Å². The minimum atomic E-state index is -4.30. The molecule has 0 bridgehead atoms. The van der Waals surface area contributed by atoms with Crippen molar-refractivity contribution in [3.63, 3.8) is 0 Å². The molecule has 1 heterocycles. The van der Waals surface area contributed by atoms with Gasteiger partial charge in [0, 0.05) is 23.8 Å². The summed E-state index contributed by atoms with van der Waals surface area (Å²) in [6, 6.07) is 5.44. The minimum absolute atomic E-state index is 0.00884. The Bertz CT molecular complexity index is 440. The van der Waals surface area contributed by atoms with Crippen molar-refractivity contribution in [2.45, 2.75) is 38.0 Å². The molecule has 0 spiro atoms. The Hall–Kier alpha value is -1.23. The summed E-state index contributed by atoms with van der Waals surface area (Å²) in [5.41, 5.74) is 5.66. The second-order valence-corrected chi connectivity index (χ2v) is 5.44. The van der Waals surface area contributed by atoms with Crippen LogP contribution in [0.1, 0.15) is 25.8 Å². The molecule has 2 rings (SSSR count). The molecule has 1 unspecified atom stereocenters. The largest absolute Gasteiger partial charge is 0.416 e. The Kier molecular flexibility index (Phi) is 3.05. The lowest BCUT2D eigenvalue weighted by molar-refractivity contribution is -0.137. The molecule has 1 fully saturated rings. The van der Waals surface area contributed by atoms with Crippen LogP contribution in [0.4, 0.5) is 18.9 Å². The molecule has 0 radical (unpaired) electrons. The molecule has 18 heavy (non-hydrogen) atoms. The standard InChI is InChI=1S/C13H17F3N2/c1-12(2)7-10(17)8-18(12)11-5-3-4-9(6-11)13(14,15)16/h3-6,10H,7-8,17H2,1-2H3. The van der Waals surface area contributed by atoms with E-state index in [0.717, 1.165) is 12.5 Å². The van der Waals surface area contributed by atoms with E-state index in [1.807, 2.05) is 18.7 Å². The van der Waals surface area contributed by atoms with Gasteiger partial charge >= 0.3 is 6.18 Å². The molecule has 100 valence electrons. The number of hydrogen-bond donors (Lipinski definition) is 1. The first kappa shape index (κ1) is 13.2. The van der Waals surface area contributed by atoms with Gasteiger partial charge in [0.2, 0.25) is 0 Å². The predicted octanol–water partition coefficient (Wildman–Crippen LogP) is 3.02. The van der Waals surface area contributed by atoms with Crippen molar-refractivity contribution in [3.05, 3.63) is 29.8 Å². The SMILES string of the molecule is CC1(C)CC(N)CN1c1cccc(C(F)(F)F)c1. The van der Waals surface area contributed by atoms with Gasteiger partial charge in [-0.2, -0.15) is 13.2 Å². The maximum absolute atomic E-state index is 12.7. The van der Waals surface area contributed by atoms with Gasteiger partial charge in [-0.15, -0.1) is 0 Å². The first-order valence-corrected chi connectivity index (χ1v) is 5.91. The zero-order chi connectivity index (χ0) is 13.6. The molecule has 1 aromatic carbocycles. The Balaban J connectivity index is 2.35. The first-order valence-electron chi connectivity index (χ1n) is 5.91. The maximum Gasteiger partial charge on any atom is 0.416 e. The monoisotopic (exact) mass is 258 g/mol. The highest BCUT2D eigenvalue weighted by Gasteiger charge is 2.38. The fraction of sp³-hybridized carbons (Fsp3) is 0.538. The van der Waals surface area contributed by atoms with Crippen molar-refractivity contribution in [3.8, 4) is 0 Å². The van der Waals surface area contributed by atoms with Gasteiger partial charge in [-0.05, 0) is 38.5 Å². The molecular weight excluding hydrogens is 241 g/mol. The number of rotatable bonds is 1. The van der Waals surface area contributed by atoms with Crippen LogP contribution in [0.5, 0.6) is 0 Å². The quantitative estimate of drug-likeness (QED) is 0.839. The van der Waals surface area contributed by atoms with Crippen molar-refractivity contribution < 1.29 is 13.2 Å². The second kappa shape index (κ2) is 4.16. The number of benzene rings is 1. The van der Waals surface area contributed by atoms with Crippen LogP contribution in [0.3, 0.4) is 0 Å². The molecule has 0 amide bonds. The second-order valence-electron chi connectivity index (χ2n) is 5.44. The lowest BCUT2D eigenvalue weighted by Crippen LogP contribution is -2.38. The number of nitrogens with zero attached hydrogens (tertiary/aromatic N) is 1. The van der Waals surface area contributed by atoms with E-state index in [4.69, 9.17) is 5.73 Å². The van der Waals surface area contributed by atoms with Crippen LogP contribution in [-0.2, 0) is 6.18 Å². The third-order valence-corrected chi connectivity index (χ3v) is 3.39. The Morgan fingerprint density at radius 3 is 2.50 bits per heavy atom. The van der Waals surface area contributed by atoms with E-state index < -0.39 is 11.7 Å². The fourth-order valence-corrected chi connectivity index (χ4v) is 2.60. The summed E-state index contributed by atoms with van der Waals surface area (Å²) < 4.78 is 38.0. The highest BCUT2D eigenvalue weighted by Crippen LogP contribution is 2.36. The average Bonchev–Trinajstić information content (AvgIpc) is 2.51. The van der Waals surface area contributed by atoms with Gasteiger partial charge in [0.1, 0.15) is 0 Å². The van der Waals surface area contributed by atoms with Crippen LogP contribution >= 0.6 is 0 Å². The van der Waals surface area contributed by atoms with E-state index in [2.05, 4.69) is 0 Å². The van der Waals surface area contributed by atoms with Gasteiger partial charge < -0.3 is 10.6 Å². The Morgan fingerprint density at radius 2 is 2.00 bits per heavy atom. The van der Waals surface area contributed by atoms with E-state index in [1.165, 1.54) is 12.1 Å². The minimum Gasteiger partial charge on any atom is -0.365 e. The van der Waals surface area contributed by atoms with E-state index in [0.29, 0.717) is 12.2 Å². The van der Waals surface area contributed by atoms with Crippen molar-refractivity contribution in [1.29, 1.82) is 0 Å². The zero-order valence-corrected chi connectivity index (χ0v) is 10.5. The van der Waals surface area contributed by atoms with Crippen LogP contribution in [0.15, 0.2) is 24.3 Å². The number of nitrogens with two attached hydrogens (primary N) is 1. The zero-order valence-electron chi connectivity index (χ0n) is 10.5. The van der Waals surface area contributed by atoms with Crippen LogP contribution in [0, 0.1) is 0 Å². The van der Waals surface area contributed by atoms with Gasteiger partial charge in [0.05, 0.1) is 5.56 Å². The van der Waals surface area contributed by atoms with E-state index in [1.54, 1.807) is 6.07 Å². The van der Waals surface area contributed by atoms with Gasteiger partial charge in [-0.1, -0.05) is 6.07 Å². The van der Waals surface area contributed by atoms with Crippen LogP contribution < -0.4 is 10.6 Å². The summed E-state index contributed by atoms with van der Waals surface area (Å²) in [4.78, 5) is 1.95. The van der Waals surface area contributed by atoms with Crippen LogP contribution in [-0.4, -0.2) is 18.1 Å². The van der Waals surface area contributed by atoms with Crippen molar-refractivity contribution in [1.82, 2.24) is 0 Å². The fourth-order valence-electron chi connectivity index (χ4n) is 2.60. The van der Waals surface area contributed by atoms with E-state index in [-0.39, 0.29) is 11.6 Å². The summed E-state index contributed by atoms with van der Waals surface area (Å²) >= 11 is 0. The topological polar surface area (TPSA) is 29.3 Å². The van der Waals surface area contributed by atoms with Crippen molar-refractivity contribution in [2.75, 3.05) is 11.4 Å². The highest BCUT2D eigenvalue weighted by atomic mass is 19.4. The van der Waals surface area contributed by atoms with Crippen LogP contribution in [0.25, 0.3) is 0 Å². The number of hydrogen-bond acceptors (Lipinski definition) is 2. The van der Waals surface area contributed by atoms with Gasteiger partial charge in [-0.3, -0.25) is 0 Å². The summed E-state index contributed by atoms with van der Waals surface area (Å²) in [5.74, 6) is 0. The van der Waals surface area contributed by atoms with Crippen LogP contribution in [0.2, 0.25) is 0 Å². The molecule has 1 aliphatic heterocycles. The lowest BCUT2D eigenvalue weighted by atomic mass is 10.00. The van der Waals surface area contributed by atoms with E-state index >= 15 is 0 Å². The molecule has 5 heteroatoms. The number of alkyl halides is 3. The van der Waals surface area contributed by atoms with Gasteiger partial charge in [0.15, 0.2) is 0 Å². The average molecular weight is 258 g/mol. The molecule has 0 aromatic heterocycles. The summed E-state index contributed by atoms with van der Waals surface area (Å²) in [5, 5.41) is 0. The molecule has 1 atom stereocenters.